The number of benzene rings is 1. The van der Waals surface area contributed by atoms with Crippen molar-refractivity contribution < 1.29 is 4.98 Å². The molecule has 15 heavy (non-hydrogen) atoms. The summed E-state index contributed by atoms with van der Waals surface area (Å²) in [6.07, 6.45) is 6.75. The average Bonchev–Trinajstić information content (AvgIpc) is 2.29. The number of hydrogen-bond donors (Lipinski definition) is 0. The summed E-state index contributed by atoms with van der Waals surface area (Å²) < 4.78 is 0. The number of nitrogens with one attached hydrogen (secondary N) is 1. The molecular formula is C14H17N. The highest BCUT2D eigenvalue weighted by molar-refractivity contribution is 5.75. The molecule has 1 aromatic heterocycles. The lowest BCUT2D eigenvalue weighted by atomic mass is 10.1. The number of aromatic amines is 1. The second kappa shape index (κ2) is 4.92. The number of aromatic nitrogens is 1. The Kier molecular flexibility index (Phi) is 3.33. The van der Waals surface area contributed by atoms with Crippen LogP contribution in [-0.2, 0) is 6.42 Å². The molecule has 0 spiro atoms. The van der Waals surface area contributed by atoms with E-state index in [0.717, 1.165) is 12.8 Å². The molecular weight excluding hydrogens is 182 g/mol. The molecule has 0 aliphatic heterocycles. The third-order valence-electron chi connectivity index (χ3n) is 2.68. The van der Waals surface area contributed by atoms with E-state index >= 15 is 0 Å². The molecule has 0 saturated heterocycles. The highest BCUT2D eigenvalue weighted by atomic mass is 14.6. The van der Waals surface area contributed by atoms with Crippen LogP contribution >= 0.6 is 0 Å². The molecule has 0 bridgehead atoms. The van der Waals surface area contributed by atoms with Gasteiger partial charge in [0.2, 0.25) is 5.52 Å². The lowest BCUT2D eigenvalue weighted by Crippen LogP contribution is -2.04. The zero-order chi connectivity index (χ0) is 10.5. The minimum atomic E-state index is 1.04. The summed E-state index contributed by atoms with van der Waals surface area (Å²) in [6, 6.07) is 10.7. The van der Waals surface area contributed by atoms with Crippen molar-refractivity contribution >= 4 is 10.9 Å². The van der Waals surface area contributed by atoms with Crippen molar-refractivity contribution in [2.75, 3.05) is 0 Å². The molecule has 0 saturated carbocycles. The Bertz CT molecular complexity index is 434. The number of fused-ring (bicyclic) bond motifs is 1. The van der Waals surface area contributed by atoms with Crippen molar-refractivity contribution in [1.82, 2.24) is 0 Å². The third kappa shape index (κ3) is 2.56. The fraction of sp³-hybridized carbons (Fsp3) is 0.286. The molecule has 2 rings (SSSR count). The molecule has 0 aliphatic carbocycles. The van der Waals surface area contributed by atoms with Crippen molar-refractivity contribution in [3.8, 4) is 0 Å². The van der Waals surface area contributed by atoms with E-state index in [2.05, 4.69) is 48.4 Å². The van der Waals surface area contributed by atoms with Gasteiger partial charge in [0.1, 0.15) is 0 Å². The van der Waals surface area contributed by atoms with Crippen LogP contribution < -0.4 is 4.98 Å². The standard InChI is InChI=1S/C14H16N/c1-2-3-4-7-12-10-13-8-5-6-9-14(13)15-11-12/h5-6,8-11H,1-4,7H2/q-1/p+1. The van der Waals surface area contributed by atoms with Gasteiger partial charge in [0.15, 0.2) is 6.20 Å². The second-order valence-electron chi connectivity index (χ2n) is 3.91. The van der Waals surface area contributed by atoms with Crippen LogP contribution in [-0.4, -0.2) is 0 Å². The molecule has 78 valence electrons. The summed E-state index contributed by atoms with van der Waals surface area (Å²) in [7, 11) is 0. The van der Waals surface area contributed by atoms with Gasteiger partial charge < -0.3 is 6.92 Å². The predicted octanol–water partition coefficient (Wildman–Crippen LogP) is 3.20. The van der Waals surface area contributed by atoms with Crippen molar-refractivity contribution in [2.24, 2.45) is 0 Å². The minimum Gasteiger partial charge on any atom is -0.343 e. The Morgan fingerprint density at radius 3 is 2.87 bits per heavy atom. The number of para-hydroxylation sites is 1. The van der Waals surface area contributed by atoms with E-state index in [9.17, 15) is 0 Å². The Morgan fingerprint density at radius 1 is 1.13 bits per heavy atom. The minimum absolute atomic E-state index is 1.04. The first-order chi connectivity index (χ1) is 7.40. The maximum absolute atomic E-state index is 3.86. The highest BCUT2D eigenvalue weighted by Gasteiger charge is 2.01. The highest BCUT2D eigenvalue weighted by Crippen LogP contribution is 2.12. The zero-order valence-electron chi connectivity index (χ0n) is 9.00. The normalized spacial score (nSPS) is 10.7. The first-order valence-corrected chi connectivity index (χ1v) is 5.59. The Labute approximate surface area is 91.2 Å². The summed E-state index contributed by atoms with van der Waals surface area (Å²) >= 11 is 0. The first kappa shape index (κ1) is 10.2. The van der Waals surface area contributed by atoms with Crippen molar-refractivity contribution in [1.29, 1.82) is 0 Å². The van der Waals surface area contributed by atoms with E-state index < -0.39 is 0 Å². The summed E-state index contributed by atoms with van der Waals surface area (Å²) in [6.45, 7) is 3.86. The molecule has 1 N–H and O–H groups in total. The number of rotatable bonds is 4. The van der Waals surface area contributed by atoms with Gasteiger partial charge in [0.05, 0.1) is 0 Å². The van der Waals surface area contributed by atoms with Gasteiger partial charge >= 0.3 is 0 Å². The SMILES string of the molecule is [CH2-]CCCCc1c[nH+]c2ccccc2c1. The molecule has 0 atom stereocenters. The van der Waals surface area contributed by atoms with Crippen LogP contribution in [0, 0.1) is 6.92 Å². The number of unbranched alkanes of at least 4 members (excludes halogenated alkanes) is 2. The van der Waals surface area contributed by atoms with Crippen molar-refractivity contribution in [2.45, 2.75) is 25.7 Å². The molecule has 0 amide bonds. The summed E-state index contributed by atoms with van der Waals surface area (Å²) in [5.41, 5.74) is 2.60. The average molecular weight is 199 g/mol. The molecule has 0 unspecified atom stereocenters. The molecule has 2 aromatic rings. The zero-order valence-corrected chi connectivity index (χ0v) is 9.00. The van der Waals surface area contributed by atoms with Crippen LogP contribution in [0.15, 0.2) is 36.5 Å². The molecule has 1 heterocycles. The van der Waals surface area contributed by atoms with Crippen LogP contribution in [0.3, 0.4) is 0 Å². The Hall–Kier alpha value is -1.37. The molecule has 1 aromatic carbocycles. The van der Waals surface area contributed by atoms with E-state index in [1.165, 1.54) is 29.3 Å². The lowest BCUT2D eigenvalue weighted by molar-refractivity contribution is -0.345. The maximum Gasteiger partial charge on any atom is 0.210 e. The van der Waals surface area contributed by atoms with E-state index in [0.29, 0.717) is 0 Å². The van der Waals surface area contributed by atoms with E-state index in [1.807, 2.05) is 0 Å². The summed E-state index contributed by atoms with van der Waals surface area (Å²) in [5.74, 6) is 0. The van der Waals surface area contributed by atoms with Gasteiger partial charge in [-0.2, -0.15) is 6.42 Å². The smallest absolute Gasteiger partial charge is 0.210 e. The molecule has 0 fully saturated rings. The number of pyridine rings is 1. The predicted molar refractivity (Wildman–Crippen MR) is 63.4 cm³/mol. The van der Waals surface area contributed by atoms with Crippen LogP contribution in [0.5, 0.6) is 0 Å². The van der Waals surface area contributed by atoms with Gasteiger partial charge in [-0.1, -0.05) is 25.0 Å². The van der Waals surface area contributed by atoms with Crippen molar-refractivity contribution in [3.05, 3.63) is 49.0 Å². The van der Waals surface area contributed by atoms with Gasteiger partial charge in [-0.25, -0.2) is 4.98 Å². The van der Waals surface area contributed by atoms with Crippen LogP contribution in [0.25, 0.3) is 10.9 Å². The van der Waals surface area contributed by atoms with Crippen LogP contribution in [0.1, 0.15) is 24.8 Å². The molecule has 1 nitrogen and oxygen atoms in total. The summed E-state index contributed by atoms with van der Waals surface area (Å²) in [4.78, 5) is 3.33. The summed E-state index contributed by atoms with van der Waals surface area (Å²) in [5, 5.41) is 1.30. The van der Waals surface area contributed by atoms with Gasteiger partial charge in [-0.15, -0.1) is 0 Å². The third-order valence-corrected chi connectivity index (χ3v) is 2.68. The maximum atomic E-state index is 3.86. The monoisotopic (exact) mass is 199 g/mol. The number of aryl methyl sites for hydroxylation is 1. The van der Waals surface area contributed by atoms with Crippen molar-refractivity contribution in [3.63, 3.8) is 0 Å². The topological polar surface area (TPSA) is 14.1 Å². The molecule has 0 radical (unpaired) electrons. The number of H-pyrrole nitrogens is 1. The Balaban J connectivity index is 2.16. The largest absolute Gasteiger partial charge is 0.343 e. The molecule has 0 aliphatic rings. The fourth-order valence-corrected chi connectivity index (χ4v) is 1.82. The lowest BCUT2D eigenvalue weighted by Gasteiger charge is -2.00. The van der Waals surface area contributed by atoms with E-state index in [4.69, 9.17) is 0 Å². The second-order valence-corrected chi connectivity index (χ2v) is 3.91. The van der Waals surface area contributed by atoms with Gasteiger partial charge in [0, 0.05) is 17.0 Å². The van der Waals surface area contributed by atoms with Gasteiger partial charge in [-0.05, 0) is 18.6 Å². The van der Waals surface area contributed by atoms with Crippen LogP contribution in [0.4, 0.5) is 0 Å². The number of hydrogen-bond acceptors (Lipinski definition) is 0. The first-order valence-electron chi connectivity index (χ1n) is 5.59. The Morgan fingerprint density at radius 2 is 2.00 bits per heavy atom. The fourth-order valence-electron chi connectivity index (χ4n) is 1.82. The molecule has 1 heteroatoms. The van der Waals surface area contributed by atoms with Gasteiger partial charge in [-0.3, -0.25) is 0 Å². The van der Waals surface area contributed by atoms with Gasteiger partial charge in [0.25, 0.3) is 0 Å². The van der Waals surface area contributed by atoms with E-state index in [-0.39, 0.29) is 0 Å². The van der Waals surface area contributed by atoms with E-state index in [1.54, 1.807) is 0 Å². The van der Waals surface area contributed by atoms with Crippen LogP contribution in [0.2, 0.25) is 0 Å². The quantitative estimate of drug-likeness (QED) is 0.530.